The van der Waals surface area contributed by atoms with Crippen molar-refractivity contribution in [2.24, 2.45) is 0 Å². The third-order valence-corrected chi connectivity index (χ3v) is 6.29. The first-order chi connectivity index (χ1) is 15.3. The van der Waals surface area contributed by atoms with Gasteiger partial charge in [-0.15, -0.1) is 0 Å². The molecule has 0 radical (unpaired) electrons. The van der Waals surface area contributed by atoms with E-state index in [1.165, 1.54) is 122 Å². The number of rotatable bonds is 26. The van der Waals surface area contributed by atoms with Crippen molar-refractivity contribution in [3.05, 3.63) is 0 Å². The van der Waals surface area contributed by atoms with Gasteiger partial charge in [-0.25, -0.2) is 0 Å². The Morgan fingerprint density at radius 1 is 0.452 bits per heavy atom. The normalized spacial score (nSPS) is 11.2. The van der Waals surface area contributed by atoms with Gasteiger partial charge in [0.2, 0.25) is 5.91 Å². The molecule has 0 aromatic heterocycles. The molecule has 0 fully saturated rings. The Balaban J connectivity index is 3.09. The quantitative estimate of drug-likeness (QED) is 0.133. The first kappa shape index (κ1) is 30.4. The van der Waals surface area contributed by atoms with Crippen LogP contribution in [-0.4, -0.2) is 25.5 Å². The number of hydrogen-bond donors (Lipinski definition) is 2. The van der Waals surface area contributed by atoms with Crippen LogP contribution in [0.25, 0.3) is 0 Å². The number of nitrogens with one attached hydrogen (secondary N) is 2. The SMILES string of the molecule is CCCCCCCCCCCCCCCCCCCCCC(=O)NCCCNCCC. The highest BCUT2D eigenvalue weighted by atomic mass is 16.1. The Labute approximate surface area is 196 Å². The van der Waals surface area contributed by atoms with E-state index in [1.807, 2.05) is 0 Å². The Morgan fingerprint density at radius 3 is 1.29 bits per heavy atom. The van der Waals surface area contributed by atoms with Crippen molar-refractivity contribution < 1.29 is 4.79 Å². The largest absolute Gasteiger partial charge is 0.356 e. The molecule has 0 aliphatic carbocycles. The number of amides is 1. The summed E-state index contributed by atoms with van der Waals surface area (Å²) >= 11 is 0. The van der Waals surface area contributed by atoms with Crippen LogP contribution in [0, 0.1) is 0 Å². The highest BCUT2D eigenvalue weighted by molar-refractivity contribution is 5.75. The van der Waals surface area contributed by atoms with E-state index in [0.29, 0.717) is 6.42 Å². The summed E-state index contributed by atoms with van der Waals surface area (Å²) < 4.78 is 0. The van der Waals surface area contributed by atoms with Crippen LogP contribution in [0.4, 0.5) is 0 Å². The van der Waals surface area contributed by atoms with Gasteiger partial charge in [0.25, 0.3) is 0 Å². The van der Waals surface area contributed by atoms with E-state index in [2.05, 4.69) is 24.5 Å². The van der Waals surface area contributed by atoms with Crippen LogP contribution in [-0.2, 0) is 4.79 Å². The molecule has 0 atom stereocenters. The molecule has 0 aromatic rings. The highest BCUT2D eigenvalue weighted by Gasteiger charge is 2.00. The van der Waals surface area contributed by atoms with Gasteiger partial charge >= 0.3 is 0 Å². The van der Waals surface area contributed by atoms with Crippen LogP contribution in [0.5, 0.6) is 0 Å². The smallest absolute Gasteiger partial charge is 0.219 e. The lowest BCUT2D eigenvalue weighted by atomic mass is 10.0. The van der Waals surface area contributed by atoms with Gasteiger partial charge in [0.1, 0.15) is 0 Å². The van der Waals surface area contributed by atoms with Gasteiger partial charge in [-0.05, 0) is 32.4 Å². The molecule has 31 heavy (non-hydrogen) atoms. The third kappa shape index (κ3) is 27.4. The molecular formula is C28H58N2O. The predicted octanol–water partition coefficient (Wildman–Crippen LogP) is 8.31. The van der Waals surface area contributed by atoms with Crippen LogP contribution in [0.3, 0.4) is 0 Å². The standard InChI is InChI=1S/C28H58N2O/c1-3-5-6-7-8-9-10-11-12-13-14-15-16-17-18-19-20-21-22-24-28(31)30-27-23-26-29-25-4-2/h29H,3-27H2,1-2H3,(H,30,31). The second-order valence-electron chi connectivity index (χ2n) is 9.57. The summed E-state index contributed by atoms with van der Waals surface area (Å²) in [5, 5.41) is 6.40. The molecule has 0 aliphatic rings. The molecule has 0 aliphatic heterocycles. The zero-order valence-electron chi connectivity index (χ0n) is 21.6. The van der Waals surface area contributed by atoms with E-state index in [0.717, 1.165) is 32.5 Å². The van der Waals surface area contributed by atoms with E-state index < -0.39 is 0 Å². The monoisotopic (exact) mass is 438 g/mol. The molecule has 0 unspecified atom stereocenters. The second-order valence-corrected chi connectivity index (χ2v) is 9.57. The molecule has 3 heteroatoms. The average molecular weight is 439 g/mol. The minimum atomic E-state index is 0.238. The Morgan fingerprint density at radius 2 is 0.871 bits per heavy atom. The van der Waals surface area contributed by atoms with Crippen LogP contribution in [0.15, 0.2) is 0 Å². The lowest BCUT2D eigenvalue weighted by molar-refractivity contribution is -0.121. The molecule has 0 heterocycles. The zero-order chi connectivity index (χ0) is 22.7. The number of unbranched alkanes of at least 4 members (excludes halogenated alkanes) is 18. The fourth-order valence-corrected chi connectivity index (χ4v) is 4.20. The minimum absolute atomic E-state index is 0.238. The van der Waals surface area contributed by atoms with Gasteiger partial charge in [-0.2, -0.15) is 0 Å². The summed E-state index contributed by atoms with van der Waals surface area (Å²) in [6, 6.07) is 0. The minimum Gasteiger partial charge on any atom is -0.356 e. The number of carbonyl (C=O) groups excluding carboxylic acids is 1. The van der Waals surface area contributed by atoms with Crippen LogP contribution >= 0.6 is 0 Å². The maximum Gasteiger partial charge on any atom is 0.219 e. The highest BCUT2D eigenvalue weighted by Crippen LogP contribution is 2.14. The molecule has 0 saturated carbocycles. The van der Waals surface area contributed by atoms with Crippen molar-refractivity contribution in [3.63, 3.8) is 0 Å². The molecule has 0 bridgehead atoms. The van der Waals surface area contributed by atoms with Crippen molar-refractivity contribution in [1.82, 2.24) is 10.6 Å². The molecule has 0 spiro atoms. The molecule has 186 valence electrons. The van der Waals surface area contributed by atoms with E-state index in [-0.39, 0.29) is 5.91 Å². The van der Waals surface area contributed by atoms with Gasteiger partial charge in [0, 0.05) is 13.0 Å². The molecule has 2 N–H and O–H groups in total. The molecule has 3 nitrogen and oxygen atoms in total. The Hall–Kier alpha value is -0.570. The molecule has 0 saturated heterocycles. The zero-order valence-corrected chi connectivity index (χ0v) is 21.6. The van der Waals surface area contributed by atoms with Crippen LogP contribution in [0.2, 0.25) is 0 Å². The molecule has 0 aromatic carbocycles. The Bertz CT molecular complexity index is 346. The van der Waals surface area contributed by atoms with Gasteiger partial charge in [0.15, 0.2) is 0 Å². The summed E-state index contributed by atoms with van der Waals surface area (Å²) in [5.41, 5.74) is 0. The van der Waals surface area contributed by atoms with Gasteiger partial charge in [-0.3, -0.25) is 4.79 Å². The van der Waals surface area contributed by atoms with Gasteiger partial charge < -0.3 is 10.6 Å². The van der Waals surface area contributed by atoms with Crippen LogP contribution in [0.1, 0.15) is 155 Å². The lowest BCUT2D eigenvalue weighted by Crippen LogP contribution is -2.27. The lowest BCUT2D eigenvalue weighted by Gasteiger charge is -2.06. The fourth-order valence-electron chi connectivity index (χ4n) is 4.20. The van der Waals surface area contributed by atoms with E-state index >= 15 is 0 Å². The maximum absolute atomic E-state index is 11.8. The summed E-state index contributed by atoms with van der Waals surface area (Å²) in [6.45, 7) is 7.37. The second kappa shape index (κ2) is 27.5. The third-order valence-electron chi connectivity index (χ3n) is 6.29. The van der Waals surface area contributed by atoms with E-state index in [9.17, 15) is 4.79 Å². The summed E-state index contributed by atoms with van der Waals surface area (Å²) in [4.78, 5) is 11.8. The first-order valence-electron chi connectivity index (χ1n) is 14.3. The number of carbonyl (C=O) groups is 1. The summed E-state index contributed by atoms with van der Waals surface area (Å²) in [6.07, 6.45) is 29.4. The molecule has 1 amide bonds. The predicted molar refractivity (Wildman–Crippen MR) is 139 cm³/mol. The first-order valence-corrected chi connectivity index (χ1v) is 14.3. The average Bonchev–Trinajstić information content (AvgIpc) is 2.77. The van der Waals surface area contributed by atoms with Crippen molar-refractivity contribution in [1.29, 1.82) is 0 Å². The van der Waals surface area contributed by atoms with Crippen molar-refractivity contribution >= 4 is 5.91 Å². The van der Waals surface area contributed by atoms with Gasteiger partial charge in [0.05, 0.1) is 0 Å². The van der Waals surface area contributed by atoms with Crippen molar-refractivity contribution in [2.75, 3.05) is 19.6 Å². The van der Waals surface area contributed by atoms with E-state index in [4.69, 9.17) is 0 Å². The topological polar surface area (TPSA) is 41.1 Å². The van der Waals surface area contributed by atoms with E-state index in [1.54, 1.807) is 0 Å². The fraction of sp³-hybridized carbons (Fsp3) is 0.964. The van der Waals surface area contributed by atoms with Crippen LogP contribution < -0.4 is 10.6 Å². The molecular weight excluding hydrogens is 380 g/mol. The molecule has 0 rings (SSSR count). The Kier molecular flexibility index (Phi) is 27.0. The van der Waals surface area contributed by atoms with Crippen molar-refractivity contribution in [2.45, 2.75) is 155 Å². The van der Waals surface area contributed by atoms with Gasteiger partial charge in [-0.1, -0.05) is 129 Å². The summed E-state index contributed by atoms with van der Waals surface area (Å²) in [7, 11) is 0. The maximum atomic E-state index is 11.8. The number of hydrogen-bond acceptors (Lipinski definition) is 2. The summed E-state index contributed by atoms with van der Waals surface area (Å²) in [5.74, 6) is 0.238. The van der Waals surface area contributed by atoms with Crippen molar-refractivity contribution in [3.8, 4) is 0 Å².